The quantitative estimate of drug-likeness (QED) is 0.146. The zero-order valence-electron chi connectivity index (χ0n) is 45.8. The van der Waals surface area contributed by atoms with Crippen molar-refractivity contribution in [2.75, 3.05) is 0 Å². The molecule has 394 valence electrons. The Balaban J connectivity index is 0.000000199. The molecule has 0 saturated heterocycles. The third kappa shape index (κ3) is 11.3. The lowest BCUT2D eigenvalue weighted by Gasteiger charge is -2.10. The number of rotatable bonds is 0. The zero-order chi connectivity index (χ0) is 52.2. The van der Waals surface area contributed by atoms with Gasteiger partial charge in [0.25, 0.3) is 0 Å². The summed E-state index contributed by atoms with van der Waals surface area (Å²) in [6, 6.07) is 4.20. The first-order valence-electron chi connectivity index (χ1n) is 24.0. The molecule has 0 fully saturated rings. The average Bonchev–Trinajstić information content (AvgIpc) is 4.18. The monoisotopic (exact) mass is 1070 g/mol. The second-order valence-corrected chi connectivity index (χ2v) is 23.3. The number of aromatic nitrogens is 10. The molecule has 0 bridgehead atoms. The molecule has 11 rings (SSSR count). The van der Waals surface area contributed by atoms with Crippen molar-refractivity contribution in [3.05, 3.63) is 127 Å². The fourth-order valence-electron chi connectivity index (χ4n) is 9.04. The molecule has 7 heterocycles. The number of thiophene rings is 2. The van der Waals surface area contributed by atoms with Crippen molar-refractivity contribution in [1.29, 1.82) is 0 Å². The Bertz CT molecular complexity index is 3690. The Labute approximate surface area is 457 Å². The fraction of sp³-hybridized carbons (Fsp3) is 0.417. The molecule has 0 aliphatic heterocycles. The molecule has 0 radical (unpaired) electrons. The molecule has 74 heavy (non-hydrogen) atoms. The van der Waals surface area contributed by atoms with Crippen molar-refractivity contribution in [3.63, 3.8) is 0 Å². The van der Waals surface area contributed by atoms with Crippen LogP contribution in [0.3, 0.4) is 0 Å². The van der Waals surface area contributed by atoms with E-state index in [-0.39, 0.29) is 22.3 Å². The summed E-state index contributed by atoms with van der Waals surface area (Å²) in [5.41, 5.74) is 29.9. The van der Waals surface area contributed by atoms with E-state index in [1.807, 2.05) is 71.3 Å². The first-order chi connectivity index (χ1) is 33.3. The van der Waals surface area contributed by atoms with E-state index in [2.05, 4.69) is 159 Å². The zero-order valence-corrected chi connectivity index (χ0v) is 49.0. The normalized spacial score (nSPS) is 10.8. The lowest BCUT2D eigenvalue weighted by atomic mass is 9.95. The number of hydrogen-bond acceptors (Lipinski definition) is 13. The summed E-state index contributed by atoms with van der Waals surface area (Å²) >= 11 is 6.72. The van der Waals surface area contributed by atoms with Crippen LogP contribution in [0.1, 0.15) is 137 Å². The largest absolute Gasteiger partial charge is 0.249 e. The molecule has 7 aromatic heterocycles. The van der Waals surface area contributed by atoms with E-state index in [4.69, 9.17) is 0 Å². The minimum absolute atomic E-state index is 0. The highest BCUT2D eigenvalue weighted by Gasteiger charge is 2.17. The van der Waals surface area contributed by atoms with Crippen molar-refractivity contribution >= 4 is 111 Å². The van der Waals surface area contributed by atoms with Gasteiger partial charge in [0.05, 0.1) is 62.1 Å². The summed E-state index contributed by atoms with van der Waals surface area (Å²) in [7, 11) is 1.86. The van der Waals surface area contributed by atoms with Gasteiger partial charge in [0.1, 0.15) is 22.1 Å². The Morgan fingerprint density at radius 3 is 1.14 bits per heavy atom. The van der Waals surface area contributed by atoms with E-state index < -0.39 is 0 Å². The standard InChI is InChI=1S/C12H12N4S.C12H14N2.C12H15NS.C11H15N3.C10H12S2.3CH4/c1-5-9-10(14-8(4)7(3)13-9)6(2)12-11(5)15-17-16-12;1-7-5-6-8(2)12-11(7)13-9(3)10(4)14-12;1-6-7(2)9(4)12-11(8(6)3)10(5)14-13-12;1-6-7(2)9(4)11-10(8(6)3)12-14(5)13-11;1-5-6(2)12-10-8(4)11-7(3)9(5)10;;;/h1-4H3;5-6H,1-4H3;2*1-5H3;1-4H3;3*1H4. The van der Waals surface area contributed by atoms with Crippen LogP contribution in [0.4, 0.5) is 0 Å². The third-order valence-electron chi connectivity index (χ3n) is 14.6. The van der Waals surface area contributed by atoms with Crippen molar-refractivity contribution in [1.82, 2.24) is 48.1 Å². The van der Waals surface area contributed by atoms with Gasteiger partial charge < -0.3 is 0 Å². The average molecular weight is 1070 g/mol. The van der Waals surface area contributed by atoms with Crippen molar-refractivity contribution in [3.8, 4) is 0 Å². The summed E-state index contributed by atoms with van der Waals surface area (Å²) in [6.07, 6.45) is 0. The summed E-state index contributed by atoms with van der Waals surface area (Å²) < 4.78 is 14.7. The summed E-state index contributed by atoms with van der Waals surface area (Å²) in [5, 5.41) is 11.6. The molecular formula is C60H80N10S4. The van der Waals surface area contributed by atoms with E-state index in [1.165, 1.54) is 113 Å². The molecule has 0 aliphatic rings. The van der Waals surface area contributed by atoms with Crippen LogP contribution in [0, 0.1) is 145 Å². The number of hydrogen-bond donors (Lipinski definition) is 0. The van der Waals surface area contributed by atoms with Gasteiger partial charge in [0.2, 0.25) is 0 Å². The van der Waals surface area contributed by atoms with Crippen LogP contribution < -0.4 is 0 Å². The Morgan fingerprint density at radius 2 is 0.716 bits per heavy atom. The predicted octanol–water partition coefficient (Wildman–Crippen LogP) is 17.9. The van der Waals surface area contributed by atoms with Gasteiger partial charge in [-0.2, -0.15) is 28.1 Å². The van der Waals surface area contributed by atoms with Crippen LogP contribution >= 0.6 is 45.9 Å². The van der Waals surface area contributed by atoms with Crippen LogP contribution in [-0.2, 0) is 7.05 Å². The molecule has 0 atom stereocenters. The minimum Gasteiger partial charge on any atom is -0.249 e. The van der Waals surface area contributed by atoms with Crippen LogP contribution in [-0.4, -0.2) is 48.1 Å². The molecule has 4 aromatic carbocycles. The van der Waals surface area contributed by atoms with Crippen LogP contribution in [0.25, 0.3) is 65.1 Å². The molecular weight excluding hydrogens is 989 g/mol. The maximum Gasteiger partial charge on any atom is 0.116 e. The van der Waals surface area contributed by atoms with Crippen LogP contribution in [0.15, 0.2) is 12.1 Å². The third-order valence-corrected chi connectivity index (χ3v) is 18.4. The second kappa shape index (κ2) is 23.9. The Morgan fingerprint density at radius 1 is 0.324 bits per heavy atom. The Kier molecular flexibility index (Phi) is 19.7. The number of benzene rings is 4. The van der Waals surface area contributed by atoms with Crippen molar-refractivity contribution in [2.45, 2.75) is 168 Å². The molecule has 0 spiro atoms. The van der Waals surface area contributed by atoms with Gasteiger partial charge in [-0.15, -0.1) is 22.7 Å². The van der Waals surface area contributed by atoms with Gasteiger partial charge >= 0.3 is 0 Å². The Hall–Kier alpha value is -5.67. The smallest absolute Gasteiger partial charge is 0.116 e. The molecule has 11 aromatic rings. The predicted molar refractivity (Wildman–Crippen MR) is 328 cm³/mol. The van der Waals surface area contributed by atoms with Crippen molar-refractivity contribution < 1.29 is 0 Å². The topological polar surface area (TPSA) is 121 Å². The summed E-state index contributed by atoms with van der Waals surface area (Å²) in [5.74, 6) is 0. The van der Waals surface area contributed by atoms with Crippen molar-refractivity contribution in [2.24, 2.45) is 7.05 Å². The first kappa shape index (κ1) is 60.9. The number of fused-ring (bicyclic) bond motifs is 6. The molecule has 10 nitrogen and oxygen atoms in total. The minimum atomic E-state index is 0. The highest BCUT2D eigenvalue weighted by Crippen LogP contribution is 2.40. The van der Waals surface area contributed by atoms with Crippen LogP contribution in [0.2, 0.25) is 0 Å². The fourth-order valence-corrected chi connectivity index (χ4v) is 12.9. The SMILES string of the molecule is C.C.C.Cc1c(C)c(C)c2c(C)snc2c1C.Cc1c(C)c(C)c2nn(C)nc2c1C.Cc1nc2c(C)c3nsnc3c(C)c2nc1C.Cc1nc2c(C)ccc(C)c2nc1C.Cc1sc2c(C)sc(C)c2c1C. The van der Waals surface area contributed by atoms with Gasteiger partial charge in [0, 0.05) is 53.2 Å². The van der Waals surface area contributed by atoms with E-state index >= 15 is 0 Å². The first-order valence-corrected chi connectivity index (χ1v) is 27.1. The van der Waals surface area contributed by atoms with Gasteiger partial charge in [-0.1, -0.05) is 34.4 Å². The lowest BCUT2D eigenvalue weighted by molar-refractivity contribution is 0.664. The molecule has 0 unspecified atom stereocenters. The summed E-state index contributed by atoms with van der Waals surface area (Å²) in [6.45, 7) is 44.5. The molecule has 0 amide bonds. The molecule has 0 aliphatic carbocycles. The second-order valence-electron chi connectivity index (χ2n) is 19.1. The number of aryl methyl sites for hydroxylation is 18. The van der Waals surface area contributed by atoms with Gasteiger partial charge in [-0.25, -0.2) is 19.9 Å². The van der Waals surface area contributed by atoms with E-state index in [0.717, 1.165) is 78.0 Å². The van der Waals surface area contributed by atoms with Gasteiger partial charge in [-0.3, -0.25) is 0 Å². The highest BCUT2D eigenvalue weighted by molar-refractivity contribution is 7.24. The van der Waals surface area contributed by atoms with E-state index in [1.54, 1.807) is 16.3 Å². The molecule has 0 saturated carbocycles. The van der Waals surface area contributed by atoms with Gasteiger partial charge in [-0.05, 0) is 218 Å². The summed E-state index contributed by atoms with van der Waals surface area (Å²) in [4.78, 5) is 25.8. The molecule has 14 heteroatoms. The maximum absolute atomic E-state index is 4.64. The number of nitrogens with zero attached hydrogens (tertiary/aromatic N) is 10. The maximum atomic E-state index is 4.64. The van der Waals surface area contributed by atoms with E-state index in [0.29, 0.717) is 0 Å². The van der Waals surface area contributed by atoms with E-state index in [9.17, 15) is 0 Å². The van der Waals surface area contributed by atoms with Gasteiger partial charge in [0.15, 0.2) is 0 Å². The highest BCUT2D eigenvalue weighted by atomic mass is 32.1. The molecule has 0 N–H and O–H groups in total. The lowest BCUT2D eigenvalue weighted by Crippen LogP contribution is -1.98. The van der Waals surface area contributed by atoms with Crippen LogP contribution in [0.5, 0.6) is 0 Å².